The van der Waals surface area contributed by atoms with Gasteiger partial charge in [-0.05, 0) is 18.2 Å². The molecule has 12 heteroatoms. The number of amides is 1. The second-order valence-electron chi connectivity index (χ2n) is 7.07. The summed E-state index contributed by atoms with van der Waals surface area (Å²) in [5.41, 5.74) is 0.0158. The Morgan fingerprint density at radius 3 is 2.24 bits per heavy atom. The maximum atomic E-state index is 13.2. The van der Waals surface area contributed by atoms with Crippen LogP contribution in [0.5, 0.6) is 17.2 Å². The van der Waals surface area contributed by atoms with Crippen molar-refractivity contribution in [3.05, 3.63) is 45.5 Å². The predicted molar refractivity (Wildman–Crippen MR) is 122 cm³/mol. The molecule has 0 radical (unpaired) electrons. The van der Waals surface area contributed by atoms with E-state index in [4.69, 9.17) is 23.7 Å². The van der Waals surface area contributed by atoms with Crippen LogP contribution in [0.15, 0.2) is 24.3 Å². The van der Waals surface area contributed by atoms with Gasteiger partial charge in [0.1, 0.15) is 5.56 Å². The number of nitrogens with zero attached hydrogens (tertiary/aromatic N) is 2. The van der Waals surface area contributed by atoms with Gasteiger partial charge in [0.15, 0.2) is 5.75 Å². The molecule has 2 aromatic carbocycles. The van der Waals surface area contributed by atoms with Crippen molar-refractivity contribution < 1.29 is 38.2 Å². The van der Waals surface area contributed by atoms with Crippen molar-refractivity contribution in [2.45, 2.75) is 0 Å². The zero-order chi connectivity index (χ0) is 24.8. The molecule has 1 aliphatic rings. The Balaban J connectivity index is 2.05. The minimum atomic E-state index is -0.852. The van der Waals surface area contributed by atoms with Crippen molar-refractivity contribution in [1.29, 1.82) is 0 Å². The van der Waals surface area contributed by atoms with Gasteiger partial charge in [0.2, 0.25) is 11.5 Å². The largest absolute Gasteiger partial charge is 0.493 e. The first-order valence-electron chi connectivity index (χ1n) is 10.2. The summed E-state index contributed by atoms with van der Waals surface area (Å²) in [4.78, 5) is 38.8. The third-order valence-corrected chi connectivity index (χ3v) is 5.26. The zero-order valence-electron chi connectivity index (χ0n) is 19.2. The van der Waals surface area contributed by atoms with Crippen LogP contribution < -0.4 is 24.4 Å². The van der Waals surface area contributed by atoms with Crippen LogP contribution in [-0.2, 0) is 9.47 Å². The first-order chi connectivity index (χ1) is 16.4. The summed E-state index contributed by atoms with van der Waals surface area (Å²) >= 11 is 0. The van der Waals surface area contributed by atoms with Gasteiger partial charge in [-0.3, -0.25) is 14.9 Å². The molecule has 1 amide bonds. The molecule has 3 rings (SSSR count). The van der Waals surface area contributed by atoms with E-state index in [1.807, 2.05) is 4.90 Å². The normalized spacial score (nSPS) is 13.1. The van der Waals surface area contributed by atoms with Crippen molar-refractivity contribution in [1.82, 2.24) is 0 Å². The van der Waals surface area contributed by atoms with E-state index in [0.29, 0.717) is 26.3 Å². The fraction of sp³-hybridized carbons (Fsp3) is 0.364. The van der Waals surface area contributed by atoms with Crippen LogP contribution in [0.2, 0.25) is 0 Å². The number of hydrogen-bond acceptors (Lipinski definition) is 10. The molecule has 0 aromatic heterocycles. The zero-order valence-corrected chi connectivity index (χ0v) is 19.2. The molecular formula is C22H25N3O9. The number of benzene rings is 2. The number of nitrogens with one attached hydrogen (secondary N) is 1. The number of nitro benzene ring substituents is 1. The first kappa shape index (κ1) is 24.6. The minimum absolute atomic E-state index is 0.0293. The molecule has 34 heavy (non-hydrogen) atoms. The molecule has 1 heterocycles. The number of carbonyl (C=O) groups is 2. The summed E-state index contributed by atoms with van der Waals surface area (Å²) in [6.45, 7) is 2.39. The summed E-state index contributed by atoms with van der Waals surface area (Å²) in [5.74, 6) is -1.77. The van der Waals surface area contributed by atoms with Gasteiger partial charge in [0.05, 0.1) is 57.8 Å². The highest BCUT2D eigenvalue weighted by Gasteiger charge is 2.33. The summed E-state index contributed by atoms with van der Waals surface area (Å²) in [5, 5.41) is 14.4. The fourth-order valence-electron chi connectivity index (χ4n) is 3.62. The quantitative estimate of drug-likeness (QED) is 0.344. The van der Waals surface area contributed by atoms with Gasteiger partial charge in [-0.1, -0.05) is 0 Å². The van der Waals surface area contributed by atoms with Crippen LogP contribution in [-0.4, -0.2) is 71.5 Å². The van der Waals surface area contributed by atoms with E-state index < -0.39 is 22.5 Å². The standard InChI is InChI=1S/C22H25N3O9/c1-30-17-12-15(18(25(28)29)20(32-3)19(17)31-2)21(26)23-16-6-5-13(11-14(16)22(27)33-4)24-7-9-34-10-8-24/h5-6,11-12H,7-10H2,1-4H3,(H,23,26). The van der Waals surface area contributed by atoms with E-state index >= 15 is 0 Å². The molecule has 1 saturated heterocycles. The topological polar surface area (TPSA) is 139 Å². The first-order valence-corrected chi connectivity index (χ1v) is 10.2. The Labute approximate surface area is 195 Å². The average Bonchev–Trinajstić information content (AvgIpc) is 2.87. The number of nitro groups is 1. The molecule has 0 atom stereocenters. The predicted octanol–water partition coefficient (Wildman–Crippen LogP) is 2.50. The highest BCUT2D eigenvalue weighted by molar-refractivity contribution is 6.11. The Hall–Kier alpha value is -4.06. The Morgan fingerprint density at radius 1 is 1.00 bits per heavy atom. The van der Waals surface area contributed by atoms with E-state index in [2.05, 4.69) is 5.32 Å². The lowest BCUT2D eigenvalue weighted by molar-refractivity contribution is -0.386. The third-order valence-electron chi connectivity index (χ3n) is 5.26. The lowest BCUT2D eigenvalue weighted by Crippen LogP contribution is -2.36. The molecule has 1 fully saturated rings. The Kier molecular flexibility index (Phi) is 7.74. The molecule has 0 aliphatic carbocycles. The number of hydrogen-bond donors (Lipinski definition) is 1. The molecule has 182 valence electrons. The summed E-state index contributed by atoms with van der Waals surface area (Å²) < 4.78 is 25.8. The van der Waals surface area contributed by atoms with Crippen molar-refractivity contribution >= 4 is 28.9 Å². The van der Waals surface area contributed by atoms with Gasteiger partial charge in [-0.25, -0.2) is 4.79 Å². The van der Waals surface area contributed by atoms with Crippen LogP contribution in [0.4, 0.5) is 17.1 Å². The molecule has 0 bridgehead atoms. The van der Waals surface area contributed by atoms with Gasteiger partial charge in [-0.2, -0.15) is 0 Å². The van der Waals surface area contributed by atoms with Crippen molar-refractivity contribution in [2.75, 3.05) is 65.0 Å². The molecule has 1 N–H and O–H groups in total. The van der Waals surface area contributed by atoms with E-state index in [9.17, 15) is 19.7 Å². The minimum Gasteiger partial charge on any atom is -0.493 e. The summed E-state index contributed by atoms with van der Waals surface area (Å²) in [6.07, 6.45) is 0. The Bertz CT molecular complexity index is 1100. The Morgan fingerprint density at radius 2 is 1.68 bits per heavy atom. The van der Waals surface area contributed by atoms with Crippen LogP contribution in [0.1, 0.15) is 20.7 Å². The molecule has 12 nitrogen and oxygen atoms in total. The third kappa shape index (κ3) is 4.81. The lowest BCUT2D eigenvalue weighted by Gasteiger charge is -2.29. The lowest BCUT2D eigenvalue weighted by atomic mass is 10.1. The van der Waals surface area contributed by atoms with Crippen molar-refractivity contribution in [2.24, 2.45) is 0 Å². The number of ether oxygens (including phenoxy) is 5. The summed E-state index contributed by atoms with van der Waals surface area (Å²) in [6, 6.07) is 6.04. The smallest absolute Gasteiger partial charge is 0.340 e. The van der Waals surface area contributed by atoms with Crippen LogP contribution in [0.3, 0.4) is 0 Å². The number of rotatable bonds is 8. The molecule has 0 saturated carbocycles. The van der Waals surface area contributed by atoms with Crippen LogP contribution in [0.25, 0.3) is 0 Å². The van der Waals surface area contributed by atoms with E-state index in [-0.39, 0.29) is 34.1 Å². The maximum absolute atomic E-state index is 13.2. The second-order valence-corrected chi connectivity index (χ2v) is 7.07. The summed E-state index contributed by atoms with van der Waals surface area (Å²) in [7, 11) is 5.05. The SMILES string of the molecule is COC(=O)c1cc(N2CCOCC2)ccc1NC(=O)c1cc(OC)c(OC)c(OC)c1[N+](=O)[O-]. The molecule has 0 spiro atoms. The number of anilines is 2. The number of morpholine rings is 1. The van der Waals surface area contributed by atoms with Crippen molar-refractivity contribution in [3.8, 4) is 17.2 Å². The molecule has 0 unspecified atom stereocenters. The molecular weight excluding hydrogens is 450 g/mol. The molecule has 2 aromatic rings. The number of esters is 1. The van der Waals surface area contributed by atoms with Gasteiger partial charge < -0.3 is 33.9 Å². The van der Waals surface area contributed by atoms with E-state index in [1.165, 1.54) is 34.5 Å². The monoisotopic (exact) mass is 475 g/mol. The fourth-order valence-corrected chi connectivity index (χ4v) is 3.62. The highest BCUT2D eigenvalue weighted by Crippen LogP contribution is 2.46. The highest BCUT2D eigenvalue weighted by atomic mass is 16.6. The van der Waals surface area contributed by atoms with E-state index in [0.717, 1.165) is 5.69 Å². The van der Waals surface area contributed by atoms with Crippen molar-refractivity contribution in [3.63, 3.8) is 0 Å². The van der Waals surface area contributed by atoms with Gasteiger partial charge in [0.25, 0.3) is 5.91 Å². The molecule has 1 aliphatic heterocycles. The van der Waals surface area contributed by atoms with Crippen LogP contribution in [0, 0.1) is 10.1 Å². The average molecular weight is 475 g/mol. The second kappa shape index (κ2) is 10.7. The van der Waals surface area contributed by atoms with E-state index in [1.54, 1.807) is 18.2 Å². The maximum Gasteiger partial charge on any atom is 0.340 e. The van der Waals surface area contributed by atoms with Crippen LogP contribution >= 0.6 is 0 Å². The van der Waals surface area contributed by atoms with Gasteiger partial charge in [-0.15, -0.1) is 0 Å². The van der Waals surface area contributed by atoms with Gasteiger partial charge in [0, 0.05) is 24.8 Å². The number of carbonyl (C=O) groups excluding carboxylic acids is 2. The van der Waals surface area contributed by atoms with Gasteiger partial charge >= 0.3 is 11.7 Å². The number of methoxy groups -OCH3 is 4.